The molecule has 7 atom stereocenters. The Morgan fingerprint density at radius 2 is 1.52 bits per heavy atom. The first-order valence-corrected chi connectivity index (χ1v) is 27.1. The summed E-state index contributed by atoms with van der Waals surface area (Å²) in [5.74, 6) is -6.10. The van der Waals surface area contributed by atoms with Gasteiger partial charge in [-0.15, -0.1) is 5.10 Å². The topological polar surface area (TPSA) is 127 Å². The molecule has 6 rings (SSSR count). The number of hydrogen-bond donors (Lipinski definition) is 0. The summed E-state index contributed by atoms with van der Waals surface area (Å²) >= 11 is 13.3. The van der Waals surface area contributed by atoms with Crippen molar-refractivity contribution in [2.24, 2.45) is 0 Å². The molecule has 2 aromatic carbocycles. The van der Waals surface area contributed by atoms with Crippen LogP contribution < -0.4 is 4.90 Å². The highest BCUT2D eigenvalue weighted by molar-refractivity contribution is 6.75. The monoisotopic (exact) mass is 943 g/mol. The van der Waals surface area contributed by atoms with Crippen molar-refractivity contribution < 1.29 is 50.6 Å². The molecule has 0 radical (unpaired) electrons. The fourth-order valence-corrected chi connectivity index (χ4v) is 10.2. The third kappa shape index (κ3) is 9.78. The summed E-state index contributed by atoms with van der Waals surface area (Å²) in [5.41, 5.74) is 0.269. The first-order valence-electron chi connectivity index (χ1n) is 20.6. The van der Waals surface area contributed by atoms with Crippen molar-refractivity contribution in [3.63, 3.8) is 0 Å². The molecule has 13 nitrogen and oxygen atoms in total. The lowest BCUT2D eigenvalue weighted by molar-refractivity contribution is -0.346. The van der Waals surface area contributed by atoms with Gasteiger partial charge in [-0.1, -0.05) is 70.0 Å². The second kappa shape index (κ2) is 17.4. The van der Waals surface area contributed by atoms with Gasteiger partial charge in [0.2, 0.25) is 0 Å². The molecular weight excluding hydrogens is 887 g/mol. The maximum Gasteiger partial charge on any atom is 0.396 e. The number of nitrogens with zero attached hydrogens (tertiary/aromatic N) is 5. The molecule has 3 aromatic rings. The second-order valence-electron chi connectivity index (χ2n) is 19.8. The van der Waals surface area contributed by atoms with Gasteiger partial charge in [-0.3, -0.25) is 4.79 Å². The van der Waals surface area contributed by atoms with Gasteiger partial charge in [0.15, 0.2) is 37.7 Å². The van der Waals surface area contributed by atoms with Crippen molar-refractivity contribution in [1.82, 2.24) is 19.9 Å². The van der Waals surface area contributed by atoms with E-state index in [2.05, 4.69) is 44.2 Å². The number of carbonyl (C=O) groups is 2. The number of aromatic nitrogens is 3. The molecule has 3 saturated heterocycles. The SMILES string of the molecule is CO[C@@H]1[C@@H](n2cc(-c3cc(F)c(F)c(F)c3)nn2)[C@H]2OC(C)(C)OC[C@H]2O[C@H]1C(=O)N(c1cc(Cl)cc(Cl)c1)[C@H]1CN(C(=O)O[Si](C)(C)C(C)(C)C)C[C@@H]1O[Si](C)(C)C(C)(C)C. The number of carbonyl (C=O) groups excluding carboxylic acids is 2. The number of fused-ring (bicyclic) bond motifs is 1. The number of likely N-dealkylation sites (tertiary alicyclic amines) is 1. The Balaban J connectivity index is 1.46. The molecule has 0 N–H and O–H groups in total. The van der Waals surface area contributed by atoms with Gasteiger partial charge in [-0.25, -0.2) is 22.6 Å². The Morgan fingerprint density at radius 3 is 2.08 bits per heavy atom. The third-order valence-corrected chi connectivity index (χ3v) is 22.1. The molecule has 342 valence electrons. The summed E-state index contributed by atoms with van der Waals surface area (Å²) in [7, 11) is -3.76. The lowest BCUT2D eigenvalue weighted by Crippen LogP contribution is -2.66. The molecule has 1 aromatic heterocycles. The fraction of sp³-hybridized carbons (Fsp3) is 0.619. The number of hydrogen-bond acceptors (Lipinski definition) is 10. The molecule has 0 spiro atoms. The Morgan fingerprint density at radius 1 is 0.919 bits per heavy atom. The second-order valence-corrected chi connectivity index (χ2v) is 30.1. The molecule has 3 fully saturated rings. The molecule has 0 bridgehead atoms. The van der Waals surface area contributed by atoms with Gasteiger partial charge in [0.05, 0.1) is 31.5 Å². The van der Waals surface area contributed by atoms with Gasteiger partial charge in [-0.2, -0.15) is 0 Å². The summed E-state index contributed by atoms with van der Waals surface area (Å²) in [6.45, 7) is 24.3. The van der Waals surface area contributed by atoms with Crippen LogP contribution in [-0.2, 0) is 32.6 Å². The Hall–Kier alpha value is -3.08. The number of benzene rings is 2. The zero-order valence-electron chi connectivity index (χ0n) is 37.5. The highest BCUT2D eigenvalue weighted by atomic mass is 35.5. The van der Waals surface area contributed by atoms with Crippen LogP contribution in [0.25, 0.3) is 11.3 Å². The van der Waals surface area contributed by atoms with Gasteiger partial charge >= 0.3 is 6.09 Å². The van der Waals surface area contributed by atoms with Crippen LogP contribution in [0.1, 0.15) is 61.4 Å². The summed E-state index contributed by atoms with van der Waals surface area (Å²) in [4.78, 5) is 33.0. The number of methoxy groups -OCH3 is 1. The summed E-state index contributed by atoms with van der Waals surface area (Å²) in [6, 6.07) is 4.64. The predicted molar refractivity (Wildman–Crippen MR) is 234 cm³/mol. The number of amides is 2. The minimum absolute atomic E-state index is 0.000912. The smallest absolute Gasteiger partial charge is 0.396 e. The lowest BCUT2D eigenvalue weighted by Gasteiger charge is -2.51. The molecule has 4 heterocycles. The summed E-state index contributed by atoms with van der Waals surface area (Å²) < 4.78 is 82.8. The van der Waals surface area contributed by atoms with E-state index in [0.29, 0.717) is 5.69 Å². The normalized spacial score (nSPS) is 25.7. The molecule has 3 aliphatic rings. The van der Waals surface area contributed by atoms with E-state index in [1.807, 2.05) is 33.9 Å². The molecule has 62 heavy (non-hydrogen) atoms. The van der Waals surface area contributed by atoms with Gasteiger partial charge in [-0.05, 0) is 80.4 Å². The third-order valence-electron chi connectivity index (χ3n) is 12.9. The standard InChI is InChI=1S/C42H58Cl2F3N5O8Si2/c1-40(2,3)61(10,11)59-31-21-50(39(54)60-62(12,13)41(4,5)6)20-30(31)52(26-17-24(43)16-25(44)18-26)38(53)37-36(55-9)34(35-32(57-37)22-56-42(7,8)58-35)51-19-29(48-49-51)23-14-27(45)33(47)28(46)15-23/h14-19,30-32,34-37H,20-22H2,1-13H3/t30-,31-,32+,34-,35-,36+,37+/m0/s1. The van der Waals surface area contributed by atoms with Crippen molar-refractivity contribution in [3.05, 3.63) is 64.0 Å². The number of halogens is 5. The molecule has 3 aliphatic heterocycles. The Kier molecular flexibility index (Phi) is 13.6. The van der Waals surface area contributed by atoms with E-state index in [-0.39, 0.29) is 51.1 Å². The number of ether oxygens (including phenoxy) is 4. The zero-order valence-corrected chi connectivity index (χ0v) is 41.0. The highest BCUT2D eigenvalue weighted by Crippen LogP contribution is 2.44. The van der Waals surface area contributed by atoms with Crippen LogP contribution in [0, 0.1) is 17.5 Å². The maximum absolute atomic E-state index is 15.8. The van der Waals surface area contributed by atoms with E-state index >= 15 is 4.79 Å². The molecule has 2 amide bonds. The lowest BCUT2D eigenvalue weighted by atomic mass is 9.90. The van der Waals surface area contributed by atoms with Crippen LogP contribution in [0.4, 0.5) is 23.7 Å². The fourth-order valence-electron chi connectivity index (χ4n) is 7.43. The molecule has 20 heteroatoms. The van der Waals surface area contributed by atoms with E-state index in [4.69, 9.17) is 51.0 Å². The maximum atomic E-state index is 15.8. The van der Waals surface area contributed by atoms with Crippen LogP contribution in [-0.4, -0.2) is 118 Å². The number of anilines is 1. The van der Waals surface area contributed by atoms with Gasteiger partial charge in [0.25, 0.3) is 14.2 Å². The van der Waals surface area contributed by atoms with Crippen molar-refractivity contribution >= 4 is 57.5 Å². The Bertz CT molecular complexity index is 2130. The van der Waals surface area contributed by atoms with Crippen LogP contribution >= 0.6 is 23.2 Å². The van der Waals surface area contributed by atoms with Gasteiger partial charge < -0.3 is 37.6 Å². The van der Waals surface area contributed by atoms with E-state index in [9.17, 15) is 18.0 Å². The van der Waals surface area contributed by atoms with Crippen LogP contribution in [0.3, 0.4) is 0 Å². The van der Waals surface area contributed by atoms with Crippen LogP contribution in [0.15, 0.2) is 36.5 Å². The minimum Gasteiger partial charge on any atom is -0.503 e. The van der Waals surface area contributed by atoms with Crippen molar-refractivity contribution in [3.8, 4) is 11.3 Å². The van der Waals surface area contributed by atoms with E-state index < -0.39 is 94.5 Å². The van der Waals surface area contributed by atoms with Crippen LogP contribution in [0.2, 0.25) is 46.3 Å². The molecule has 0 unspecified atom stereocenters. The van der Waals surface area contributed by atoms with E-state index in [0.717, 1.165) is 12.1 Å². The summed E-state index contributed by atoms with van der Waals surface area (Å²) in [5, 5.41) is 8.50. The van der Waals surface area contributed by atoms with Crippen molar-refractivity contribution in [2.75, 3.05) is 31.7 Å². The Labute approximate surface area is 373 Å². The molecule has 0 saturated carbocycles. The average molecular weight is 945 g/mol. The quantitative estimate of drug-likeness (QED) is 0.151. The molecular formula is C42H58Cl2F3N5O8Si2. The predicted octanol–water partition coefficient (Wildman–Crippen LogP) is 9.39. The largest absolute Gasteiger partial charge is 0.503 e. The van der Waals surface area contributed by atoms with Crippen molar-refractivity contribution in [2.45, 2.75) is 140 Å². The zero-order chi connectivity index (χ0) is 46.1. The van der Waals surface area contributed by atoms with Gasteiger partial charge in [0.1, 0.15) is 30.0 Å². The number of rotatable bonds is 9. The first-order chi connectivity index (χ1) is 28.5. The average Bonchev–Trinajstić information content (AvgIpc) is 3.79. The summed E-state index contributed by atoms with van der Waals surface area (Å²) in [6.07, 6.45) is -4.05. The van der Waals surface area contributed by atoms with E-state index in [1.165, 1.54) is 22.9 Å². The van der Waals surface area contributed by atoms with E-state index in [1.54, 1.807) is 36.9 Å². The highest BCUT2D eigenvalue weighted by Gasteiger charge is 2.57. The minimum atomic E-state index is -2.59. The van der Waals surface area contributed by atoms with Crippen molar-refractivity contribution in [1.29, 1.82) is 0 Å². The van der Waals surface area contributed by atoms with Gasteiger partial charge in [0, 0.05) is 35.0 Å². The molecule has 0 aliphatic carbocycles. The first kappa shape index (κ1) is 48.4. The van der Waals surface area contributed by atoms with Crippen LogP contribution in [0.5, 0.6) is 0 Å².